The predicted octanol–water partition coefficient (Wildman–Crippen LogP) is 3.38. The molecule has 7 heteroatoms. The summed E-state index contributed by atoms with van der Waals surface area (Å²) in [6, 6.07) is 10.6. The Kier molecular flexibility index (Phi) is 5.99. The van der Waals surface area contributed by atoms with E-state index >= 15 is 0 Å². The number of anilines is 1. The van der Waals surface area contributed by atoms with Gasteiger partial charge in [-0.05, 0) is 61.1 Å². The molecule has 0 radical (unpaired) electrons. The van der Waals surface area contributed by atoms with Gasteiger partial charge in [-0.25, -0.2) is 4.79 Å². The molecule has 2 aliphatic heterocycles. The molecular weight excluding hydrogens is 404 g/mol. The van der Waals surface area contributed by atoms with Gasteiger partial charge in [0.05, 0.1) is 11.3 Å². The Morgan fingerprint density at radius 1 is 1.22 bits per heavy atom. The first-order chi connectivity index (χ1) is 15.4. The average Bonchev–Trinajstić information content (AvgIpc) is 2.88. The molecule has 3 N–H and O–H groups in total. The van der Waals surface area contributed by atoms with Crippen LogP contribution in [0, 0.1) is 13.8 Å². The second-order valence-electron chi connectivity index (χ2n) is 8.38. The number of fused-ring (bicyclic) bond motifs is 2. The number of benzene rings is 2. The average molecular weight is 433 g/mol. The molecule has 2 unspecified atom stereocenters. The van der Waals surface area contributed by atoms with Crippen molar-refractivity contribution in [2.75, 3.05) is 18.4 Å². The predicted molar refractivity (Wildman–Crippen MR) is 125 cm³/mol. The molecule has 4 amide bonds. The Hall–Kier alpha value is -3.61. The first-order valence-corrected chi connectivity index (χ1v) is 10.9. The van der Waals surface area contributed by atoms with Gasteiger partial charge >= 0.3 is 6.03 Å². The van der Waals surface area contributed by atoms with Crippen LogP contribution in [0.5, 0.6) is 0 Å². The molecule has 0 aliphatic carbocycles. The van der Waals surface area contributed by atoms with Crippen LogP contribution in [0.1, 0.15) is 34.3 Å². The van der Waals surface area contributed by atoms with E-state index in [-0.39, 0.29) is 23.9 Å². The Bertz CT molecular complexity index is 1090. The van der Waals surface area contributed by atoms with Crippen molar-refractivity contribution in [3.05, 3.63) is 65.7 Å². The number of carbonyl (C=O) groups is 3. The number of aryl methyl sites for hydroxylation is 1. The summed E-state index contributed by atoms with van der Waals surface area (Å²) < 4.78 is 0. The van der Waals surface area contributed by atoms with Gasteiger partial charge in [-0.3, -0.25) is 9.59 Å². The number of nitrogens with one attached hydrogen (secondary N) is 3. The monoisotopic (exact) mass is 432 g/mol. The van der Waals surface area contributed by atoms with Crippen LogP contribution < -0.4 is 16.0 Å². The number of hydrogen-bond donors (Lipinski definition) is 3. The van der Waals surface area contributed by atoms with Crippen LogP contribution in [0.4, 0.5) is 10.5 Å². The molecule has 7 nitrogen and oxygen atoms in total. The summed E-state index contributed by atoms with van der Waals surface area (Å²) in [7, 11) is 0. The Morgan fingerprint density at radius 3 is 2.81 bits per heavy atom. The zero-order chi connectivity index (χ0) is 22.8. The number of piperidine rings is 1. The summed E-state index contributed by atoms with van der Waals surface area (Å²) in [6.07, 6.45) is 2.56. The number of nitrogens with zero attached hydrogens (tertiary/aromatic N) is 1. The van der Waals surface area contributed by atoms with Crippen LogP contribution in [0.15, 0.2) is 49.1 Å². The van der Waals surface area contributed by atoms with E-state index in [1.165, 1.54) is 5.56 Å². The minimum absolute atomic E-state index is 0.162. The first kappa shape index (κ1) is 21.6. The molecule has 0 aromatic heterocycles. The van der Waals surface area contributed by atoms with Crippen LogP contribution in [-0.2, 0) is 4.79 Å². The lowest BCUT2D eigenvalue weighted by atomic mass is 9.94. The third-order valence-corrected chi connectivity index (χ3v) is 6.33. The third kappa shape index (κ3) is 4.10. The fourth-order valence-electron chi connectivity index (χ4n) is 4.42. The van der Waals surface area contributed by atoms with Crippen LogP contribution in [0.3, 0.4) is 0 Å². The van der Waals surface area contributed by atoms with Crippen molar-refractivity contribution in [1.29, 1.82) is 0 Å². The fourth-order valence-corrected chi connectivity index (χ4v) is 4.42. The van der Waals surface area contributed by atoms with E-state index in [0.717, 1.165) is 16.7 Å². The second-order valence-corrected chi connectivity index (χ2v) is 8.38. The molecule has 0 spiro atoms. The number of amides is 4. The lowest BCUT2D eigenvalue weighted by Gasteiger charge is -2.37. The number of hydrogen-bond acceptors (Lipinski definition) is 3. The molecule has 1 fully saturated rings. The van der Waals surface area contributed by atoms with Gasteiger partial charge in [-0.15, -0.1) is 6.58 Å². The van der Waals surface area contributed by atoms with Crippen LogP contribution >= 0.6 is 0 Å². The molecule has 1 saturated heterocycles. The van der Waals surface area contributed by atoms with E-state index in [4.69, 9.17) is 0 Å². The van der Waals surface area contributed by atoms with Crippen LogP contribution in [0.25, 0.3) is 11.1 Å². The zero-order valence-electron chi connectivity index (χ0n) is 18.4. The molecule has 2 aromatic rings. The highest BCUT2D eigenvalue weighted by atomic mass is 16.2. The molecule has 2 aliphatic rings. The highest BCUT2D eigenvalue weighted by Crippen LogP contribution is 2.33. The van der Waals surface area contributed by atoms with Crippen molar-refractivity contribution in [2.24, 2.45) is 0 Å². The summed E-state index contributed by atoms with van der Waals surface area (Å²) in [6.45, 7) is 8.47. The normalized spacial score (nSPS) is 19.9. The lowest BCUT2D eigenvalue weighted by molar-refractivity contribution is -0.121. The molecular formula is C25H28N4O3. The van der Waals surface area contributed by atoms with Crippen LogP contribution in [0.2, 0.25) is 0 Å². The summed E-state index contributed by atoms with van der Waals surface area (Å²) in [5.74, 6) is -0.389. The van der Waals surface area contributed by atoms with Gasteiger partial charge in [-0.1, -0.05) is 30.3 Å². The Labute approximate surface area is 187 Å². The van der Waals surface area contributed by atoms with Gasteiger partial charge in [0, 0.05) is 19.1 Å². The van der Waals surface area contributed by atoms with Gasteiger partial charge in [0.25, 0.3) is 5.91 Å². The molecule has 2 heterocycles. The van der Waals surface area contributed by atoms with E-state index in [9.17, 15) is 14.4 Å². The van der Waals surface area contributed by atoms with E-state index in [1.807, 2.05) is 24.3 Å². The highest BCUT2D eigenvalue weighted by molar-refractivity contribution is 6.10. The highest BCUT2D eigenvalue weighted by Gasteiger charge is 2.40. The standard InChI is InChI=1S/C25H28N4O3/c1-4-11-26-25(32)27-18-10-12-29-22(14-18)23(30)28-21-9-8-17(13-20(21)24(29)31)19-7-5-6-15(2)16(19)3/h4-9,13,18,22H,1,10-12,14H2,2-3H3,(H,28,30)(H2,26,27,32). The van der Waals surface area contributed by atoms with Crippen molar-refractivity contribution in [1.82, 2.24) is 15.5 Å². The van der Waals surface area contributed by atoms with Crippen LogP contribution in [-0.4, -0.2) is 47.9 Å². The maximum atomic E-state index is 13.4. The SMILES string of the molecule is C=CCNC(=O)NC1CCN2C(=O)c3cc(-c4cccc(C)c4C)ccc3NC(=O)C2C1. The maximum Gasteiger partial charge on any atom is 0.315 e. The van der Waals surface area contributed by atoms with Gasteiger partial charge < -0.3 is 20.9 Å². The van der Waals surface area contributed by atoms with Crippen molar-refractivity contribution >= 4 is 23.5 Å². The quantitative estimate of drug-likeness (QED) is 0.647. The minimum atomic E-state index is -0.627. The summed E-state index contributed by atoms with van der Waals surface area (Å²) >= 11 is 0. The lowest BCUT2D eigenvalue weighted by Crippen LogP contribution is -2.56. The smallest absolute Gasteiger partial charge is 0.315 e. The Balaban J connectivity index is 1.59. The topological polar surface area (TPSA) is 90.5 Å². The minimum Gasteiger partial charge on any atom is -0.335 e. The van der Waals surface area contributed by atoms with Crippen molar-refractivity contribution < 1.29 is 14.4 Å². The van der Waals surface area contributed by atoms with Gasteiger partial charge in [0.15, 0.2) is 0 Å². The van der Waals surface area contributed by atoms with Gasteiger partial charge in [0.2, 0.25) is 5.91 Å². The molecule has 0 saturated carbocycles. The largest absolute Gasteiger partial charge is 0.335 e. The van der Waals surface area contributed by atoms with Gasteiger partial charge in [0.1, 0.15) is 6.04 Å². The zero-order valence-corrected chi connectivity index (χ0v) is 18.4. The van der Waals surface area contributed by atoms with Crippen molar-refractivity contribution in [3.63, 3.8) is 0 Å². The van der Waals surface area contributed by atoms with E-state index in [2.05, 4.69) is 42.4 Å². The molecule has 4 rings (SSSR count). The van der Waals surface area contributed by atoms with Crippen molar-refractivity contribution in [3.8, 4) is 11.1 Å². The summed E-state index contributed by atoms with van der Waals surface area (Å²) in [5.41, 5.74) is 5.38. The number of urea groups is 1. The number of carbonyl (C=O) groups excluding carboxylic acids is 3. The summed E-state index contributed by atoms with van der Waals surface area (Å²) in [4.78, 5) is 40.0. The van der Waals surface area contributed by atoms with E-state index in [0.29, 0.717) is 37.2 Å². The molecule has 2 atom stereocenters. The first-order valence-electron chi connectivity index (χ1n) is 10.9. The maximum absolute atomic E-state index is 13.4. The fraction of sp³-hybridized carbons (Fsp3) is 0.320. The molecule has 32 heavy (non-hydrogen) atoms. The van der Waals surface area contributed by atoms with Crippen molar-refractivity contribution in [2.45, 2.75) is 38.8 Å². The Morgan fingerprint density at radius 2 is 2.03 bits per heavy atom. The molecule has 166 valence electrons. The van der Waals surface area contributed by atoms with Gasteiger partial charge in [-0.2, -0.15) is 0 Å². The second kappa shape index (κ2) is 8.86. The van der Waals surface area contributed by atoms with E-state index in [1.54, 1.807) is 17.0 Å². The number of rotatable bonds is 4. The molecule has 0 bridgehead atoms. The van der Waals surface area contributed by atoms with E-state index < -0.39 is 6.04 Å². The molecule has 2 aromatic carbocycles. The third-order valence-electron chi connectivity index (χ3n) is 6.33. The summed E-state index contributed by atoms with van der Waals surface area (Å²) in [5, 5.41) is 8.49.